The summed E-state index contributed by atoms with van der Waals surface area (Å²) in [6.07, 6.45) is 0. The van der Waals surface area contributed by atoms with Crippen molar-refractivity contribution in [1.82, 2.24) is 10.2 Å². The third kappa shape index (κ3) is 3.67. The third-order valence-electron chi connectivity index (χ3n) is 6.80. The number of hydrogen-bond donors (Lipinski definition) is 1. The summed E-state index contributed by atoms with van der Waals surface area (Å²) in [5.41, 5.74) is 1.88. The van der Waals surface area contributed by atoms with Gasteiger partial charge in [0.25, 0.3) is 5.91 Å². The van der Waals surface area contributed by atoms with Crippen LogP contribution in [0.1, 0.15) is 16.7 Å². The molecule has 3 aromatic carbocycles. The molecule has 2 atom stereocenters. The van der Waals surface area contributed by atoms with Crippen LogP contribution >= 0.6 is 0 Å². The van der Waals surface area contributed by atoms with E-state index in [0.717, 1.165) is 30.8 Å². The number of nitrogens with zero attached hydrogens (tertiary/aromatic N) is 1. The molecule has 1 heterocycles. The molecule has 158 valence electrons. The maximum absolute atomic E-state index is 13.7. The second kappa shape index (κ2) is 8.29. The Kier molecular flexibility index (Phi) is 5.34. The van der Waals surface area contributed by atoms with E-state index in [0.29, 0.717) is 11.8 Å². The van der Waals surface area contributed by atoms with Crippen LogP contribution in [0.25, 0.3) is 0 Å². The zero-order valence-electron chi connectivity index (χ0n) is 17.8. The lowest BCUT2D eigenvalue weighted by molar-refractivity contribution is -0.140. The first-order valence-electron chi connectivity index (χ1n) is 11.0. The summed E-state index contributed by atoms with van der Waals surface area (Å²) in [5.74, 6) is 0.962. The van der Waals surface area contributed by atoms with E-state index in [9.17, 15) is 4.79 Å². The van der Waals surface area contributed by atoms with Gasteiger partial charge in [-0.1, -0.05) is 91.0 Å². The van der Waals surface area contributed by atoms with Gasteiger partial charge < -0.3 is 10.1 Å². The topological polar surface area (TPSA) is 41.6 Å². The van der Waals surface area contributed by atoms with Crippen LogP contribution in [0.15, 0.2) is 91.0 Å². The molecule has 2 unspecified atom stereocenters. The van der Waals surface area contributed by atoms with Crippen molar-refractivity contribution in [3.05, 3.63) is 108 Å². The second-order valence-electron chi connectivity index (χ2n) is 8.62. The largest absolute Gasteiger partial charge is 0.359 e. The summed E-state index contributed by atoms with van der Waals surface area (Å²) in [5, 5.41) is 3.34. The summed E-state index contributed by atoms with van der Waals surface area (Å²) in [7, 11) is 1.62. The Labute approximate surface area is 183 Å². The Bertz CT molecular complexity index is 971. The van der Waals surface area contributed by atoms with Crippen LogP contribution < -0.4 is 5.32 Å². The Balaban J connectivity index is 1.31. The van der Waals surface area contributed by atoms with Crippen LogP contribution in [-0.4, -0.2) is 37.0 Å². The molecular weight excluding hydrogens is 384 g/mol. The number of likely N-dealkylation sites (tertiary alicyclic amines) is 1. The third-order valence-corrected chi connectivity index (χ3v) is 6.80. The molecule has 4 heteroatoms. The van der Waals surface area contributed by atoms with Gasteiger partial charge in [-0.2, -0.15) is 0 Å². The van der Waals surface area contributed by atoms with Crippen molar-refractivity contribution in [1.29, 1.82) is 0 Å². The lowest BCUT2D eigenvalue weighted by atomic mass is 9.85. The van der Waals surface area contributed by atoms with Crippen molar-refractivity contribution < 1.29 is 9.53 Å². The average molecular weight is 413 g/mol. The Morgan fingerprint density at radius 2 is 1.35 bits per heavy atom. The van der Waals surface area contributed by atoms with Crippen molar-refractivity contribution in [2.45, 2.75) is 18.2 Å². The van der Waals surface area contributed by atoms with Gasteiger partial charge in [-0.25, -0.2) is 0 Å². The minimum atomic E-state index is -1.15. The van der Waals surface area contributed by atoms with Gasteiger partial charge in [0.15, 0.2) is 5.60 Å². The van der Waals surface area contributed by atoms with Gasteiger partial charge in [0.2, 0.25) is 0 Å². The SMILES string of the molecule is COC(C(=O)NC1C2CN(Cc3ccccc3)CC21)(c1ccccc1)c1ccccc1. The molecule has 1 aliphatic carbocycles. The summed E-state index contributed by atoms with van der Waals surface area (Å²) in [6, 6.07) is 30.4. The first-order valence-corrected chi connectivity index (χ1v) is 11.0. The zero-order valence-corrected chi connectivity index (χ0v) is 17.8. The fraction of sp³-hybridized carbons (Fsp3) is 0.296. The number of hydrogen-bond acceptors (Lipinski definition) is 3. The highest BCUT2D eigenvalue weighted by Gasteiger charge is 2.58. The number of carbonyl (C=O) groups is 1. The van der Waals surface area contributed by atoms with E-state index in [4.69, 9.17) is 4.74 Å². The van der Waals surface area contributed by atoms with Gasteiger partial charge in [-0.15, -0.1) is 0 Å². The summed E-state index contributed by atoms with van der Waals surface area (Å²) in [6.45, 7) is 3.03. The monoisotopic (exact) mass is 412 g/mol. The van der Waals surface area contributed by atoms with E-state index in [1.807, 2.05) is 60.7 Å². The number of amides is 1. The standard InChI is InChI=1S/C27H28N2O2/c1-31-27(21-13-7-3-8-14-21,22-15-9-4-10-16-22)26(30)28-25-23-18-29(19-24(23)25)17-20-11-5-2-6-12-20/h2-16,23-25H,17-19H2,1H3,(H,28,30). The van der Waals surface area contributed by atoms with Gasteiger partial charge in [0.1, 0.15) is 0 Å². The van der Waals surface area contributed by atoms with Crippen molar-refractivity contribution in [3.63, 3.8) is 0 Å². The molecule has 0 radical (unpaired) electrons. The lowest BCUT2D eigenvalue weighted by Crippen LogP contribution is -2.49. The number of benzene rings is 3. The smallest absolute Gasteiger partial charge is 0.261 e. The van der Waals surface area contributed by atoms with Gasteiger partial charge in [0.05, 0.1) is 0 Å². The molecule has 1 saturated heterocycles. The van der Waals surface area contributed by atoms with E-state index < -0.39 is 5.60 Å². The van der Waals surface area contributed by atoms with Gasteiger partial charge in [0, 0.05) is 32.8 Å². The molecule has 0 aromatic heterocycles. The quantitative estimate of drug-likeness (QED) is 0.641. The molecule has 3 aromatic rings. The van der Waals surface area contributed by atoms with Crippen LogP contribution in [0.4, 0.5) is 0 Å². The number of carbonyl (C=O) groups excluding carboxylic acids is 1. The number of nitrogens with one attached hydrogen (secondary N) is 1. The van der Waals surface area contributed by atoms with E-state index >= 15 is 0 Å². The fourth-order valence-electron chi connectivity index (χ4n) is 5.15. The van der Waals surface area contributed by atoms with E-state index in [2.05, 4.69) is 40.5 Å². The van der Waals surface area contributed by atoms with Crippen molar-refractivity contribution in [2.75, 3.05) is 20.2 Å². The first kappa shape index (κ1) is 20.0. The van der Waals surface area contributed by atoms with Gasteiger partial charge in [-0.05, 0) is 28.5 Å². The van der Waals surface area contributed by atoms with Crippen molar-refractivity contribution >= 4 is 5.91 Å². The molecule has 2 fully saturated rings. The molecule has 1 N–H and O–H groups in total. The minimum Gasteiger partial charge on any atom is -0.359 e. The van der Waals surface area contributed by atoms with E-state index in [1.165, 1.54) is 5.56 Å². The van der Waals surface area contributed by atoms with Crippen LogP contribution in [0.2, 0.25) is 0 Å². The van der Waals surface area contributed by atoms with Crippen molar-refractivity contribution in [3.8, 4) is 0 Å². The molecule has 4 nitrogen and oxygen atoms in total. The predicted octanol–water partition coefficient (Wildman–Crippen LogP) is 3.82. The van der Waals surface area contributed by atoms with E-state index in [1.54, 1.807) is 7.11 Å². The first-order chi connectivity index (χ1) is 15.2. The van der Waals surface area contributed by atoms with Crippen LogP contribution in [0.5, 0.6) is 0 Å². The van der Waals surface area contributed by atoms with Crippen LogP contribution in [0, 0.1) is 11.8 Å². The summed E-state index contributed by atoms with van der Waals surface area (Å²) >= 11 is 0. The molecule has 31 heavy (non-hydrogen) atoms. The average Bonchev–Trinajstić information content (AvgIpc) is 3.26. The number of fused-ring (bicyclic) bond motifs is 1. The highest BCUT2D eigenvalue weighted by Crippen LogP contribution is 2.46. The van der Waals surface area contributed by atoms with Crippen LogP contribution in [-0.2, 0) is 21.7 Å². The number of ether oxygens (including phenoxy) is 1. The molecule has 1 amide bonds. The lowest BCUT2D eigenvalue weighted by Gasteiger charge is -2.32. The van der Waals surface area contributed by atoms with Crippen LogP contribution in [0.3, 0.4) is 0 Å². The molecule has 1 saturated carbocycles. The molecule has 0 bridgehead atoms. The molecule has 2 aliphatic rings. The molecule has 1 aliphatic heterocycles. The number of piperidine rings is 1. The maximum atomic E-state index is 13.7. The highest BCUT2D eigenvalue weighted by atomic mass is 16.5. The highest BCUT2D eigenvalue weighted by molar-refractivity contribution is 5.91. The maximum Gasteiger partial charge on any atom is 0.261 e. The number of rotatable bonds is 7. The van der Waals surface area contributed by atoms with Gasteiger partial charge in [-0.3, -0.25) is 9.69 Å². The summed E-state index contributed by atoms with van der Waals surface area (Å²) in [4.78, 5) is 16.2. The minimum absolute atomic E-state index is 0.0820. The summed E-state index contributed by atoms with van der Waals surface area (Å²) < 4.78 is 6.00. The zero-order chi connectivity index (χ0) is 21.3. The molecular formula is C27H28N2O2. The Morgan fingerprint density at radius 3 is 1.84 bits per heavy atom. The second-order valence-corrected chi connectivity index (χ2v) is 8.62. The van der Waals surface area contributed by atoms with Crippen molar-refractivity contribution in [2.24, 2.45) is 11.8 Å². The fourth-order valence-corrected chi connectivity index (χ4v) is 5.15. The normalized spacial score (nSPS) is 22.7. The van der Waals surface area contributed by atoms with E-state index in [-0.39, 0.29) is 11.9 Å². The number of methoxy groups -OCH3 is 1. The Morgan fingerprint density at radius 1 is 0.871 bits per heavy atom. The predicted molar refractivity (Wildman–Crippen MR) is 121 cm³/mol. The molecule has 0 spiro atoms. The Hall–Kier alpha value is -2.95. The van der Waals surface area contributed by atoms with Gasteiger partial charge >= 0.3 is 0 Å². The molecule has 5 rings (SSSR count).